The lowest BCUT2D eigenvalue weighted by molar-refractivity contribution is -0.116. The lowest BCUT2D eigenvalue weighted by atomic mass is 10.3. The van der Waals surface area contributed by atoms with Crippen LogP contribution in [0.25, 0.3) is 11.1 Å². The van der Waals surface area contributed by atoms with Crippen molar-refractivity contribution in [2.24, 2.45) is 0 Å². The number of ether oxygens (including phenoxy) is 2. The highest BCUT2D eigenvalue weighted by Gasteiger charge is 2.24. The summed E-state index contributed by atoms with van der Waals surface area (Å²) in [7, 11) is 1.49. The first-order valence-electron chi connectivity index (χ1n) is 8.43. The van der Waals surface area contributed by atoms with Gasteiger partial charge in [-0.15, -0.1) is 0 Å². The molecule has 146 valence electrons. The van der Waals surface area contributed by atoms with Gasteiger partial charge in [-0.1, -0.05) is 17.3 Å². The van der Waals surface area contributed by atoms with E-state index < -0.39 is 17.4 Å². The second kappa shape index (κ2) is 7.91. The highest BCUT2D eigenvalue weighted by atomic mass is 16.5. The molecule has 3 rings (SSSR count). The molecule has 10 heteroatoms. The summed E-state index contributed by atoms with van der Waals surface area (Å²) in [6.07, 6.45) is 0. The van der Waals surface area contributed by atoms with Gasteiger partial charge in [0.05, 0.1) is 19.4 Å². The number of amides is 1. The first-order valence-corrected chi connectivity index (χ1v) is 8.43. The third kappa shape index (κ3) is 3.56. The summed E-state index contributed by atoms with van der Waals surface area (Å²) in [5, 5.41) is 6.14. The molecule has 0 aliphatic carbocycles. The third-order valence-electron chi connectivity index (χ3n) is 3.94. The number of aromatic nitrogens is 3. The Labute approximate surface area is 159 Å². The molecule has 0 aliphatic heterocycles. The van der Waals surface area contributed by atoms with E-state index in [4.69, 9.17) is 14.0 Å². The molecule has 0 aliphatic rings. The zero-order chi connectivity index (χ0) is 20.3. The van der Waals surface area contributed by atoms with Crippen LogP contribution < -0.4 is 15.6 Å². The summed E-state index contributed by atoms with van der Waals surface area (Å²) in [6.45, 7) is 2.97. The molecule has 0 radical (unpaired) electrons. The molecule has 1 aromatic carbocycles. The van der Waals surface area contributed by atoms with Crippen molar-refractivity contribution in [2.45, 2.75) is 20.4 Å². The van der Waals surface area contributed by atoms with Crippen molar-refractivity contribution in [2.75, 3.05) is 19.0 Å². The molecular weight excluding hydrogens is 368 g/mol. The lowest BCUT2D eigenvalue weighted by Crippen LogP contribution is -2.30. The van der Waals surface area contributed by atoms with Crippen molar-refractivity contribution >= 4 is 28.7 Å². The molecular formula is C18H18N4O6. The summed E-state index contributed by atoms with van der Waals surface area (Å²) in [4.78, 5) is 41.4. The Morgan fingerprint density at radius 3 is 2.75 bits per heavy atom. The number of rotatable bonds is 6. The second-order valence-electron chi connectivity index (χ2n) is 5.73. The normalized spacial score (nSPS) is 10.7. The number of fused-ring (bicyclic) bond motifs is 1. The summed E-state index contributed by atoms with van der Waals surface area (Å²) < 4.78 is 16.2. The molecule has 2 heterocycles. The Kier molecular flexibility index (Phi) is 5.39. The predicted molar refractivity (Wildman–Crippen MR) is 98.4 cm³/mol. The van der Waals surface area contributed by atoms with Gasteiger partial charge in [0.25, 0.3) is 11.3 Å². The van der Waals surface area contributed by atoms with E-state index >= 15 is 0 Å². The average Bonchev–Trinajstić information content (AvgIpc) is 3.09. The Morgan fingerprint density at radius 2 is 2.04 bits per heavy atom. The van der Waals surface area contributed by atoms with E-state index in [0.29, 0.717) is 11.4 Å². The summed E-state index contributed by atoms with van der Waals surface area (Å²) >= 11 is 0. The number of para-hydroxylation sites is 2. The number of aryl methyl sites for hydroxylation is 1. The van der Waals surface area contributed by atoms with Crippen LogP contribution in [0.15, 0.2) is 33.6 Å². The summed E-state index contributed by atoms with van der Waals surface area (Å²) in [5.74, 6) is -0.546. The standard InChI is InChI=1S/C18H18N4O6/c1-4-27-18(25)15-14-16(28-21-15)19-10(2)22(17(14)24)9-13(23)20-11-7-5-6-8-12(11)26-3/h5-8H,4,9H2,1-3H3,(H,20,23). The van der Waals surface area contributed by atoms with Gasteiger partial charge in [-0.2, -0.15) is 4.98 Å². The minimum absolute atomic E-state index is 0.0908. The molecule has 0 fully saturated rings. The molecule has 0 spiro atoms. The summed E-state index contributed by atoms with van der Waals surface area (Å²) in [5.41, 5.74) is -0.519. The van der Waals surface area contributed by atoms with Crippen LogP contribution in [0.2, 0.25) is 0 Å². The first-order chi connectivity index (χ1) is 13.5. The minimum Gasteiger partial charge on any atom is -0.495 e. The van der Waals surface area contributed by atoms with Gasteiger partial charge in [-0.3, -0.25) is 14.2 Å². The van der Waals surface area contributed by atoms with Crippen molar-refractivity contribution in [1.29, 1.82) is 0 Å². The van der Waals surface area contributed by atoms with E-state index in [2.05, 4.69) is 15.5 Å². The number of benzene rings is 1. The van der Waals surface area contributed by atoms with Crippen molar-refractivity contribution in [3.05, 3.63) is 46.1 Å². The van der Waals surface area contributed by atoms with Crippen LogP contribution in [0, 0.1) is 6.92 Å². The quantitative estimate of drug-likeness (QED) is 0.632. The highest BCUT2D eigenvalue weighted by Crippen LogP contribution is 2.23. The van der Waals surface area contributed by atoms with E-state index in [0.717, 1.165) is 4.57 Å². The Balaban J connectivity index is 1.94. The van der Waals surface area contributed by atoms with E-state index in [9.17, 15) is 14.4 Å². The van der Waals surface area contributed by atoms with Crippen LogP contribution in [-0.4, -0.2) is 40.3 Å². The van der Waals surface area contributed by atoms with Gasteiger partial charge in [-0.05, 0) is 26.0 Å². The number of nitrogens with zero attached hydrogens (tertiary/aromatic N) is 3. The molecule has 0 saturated heterocycles. The molecule has 28 heavy (non-hydrogen) atoms. The molecule has 0 atom stereocenters. The fourth-order valence-electron chi connectivity index (χ4n) is 2.65. The van der Waals surface area contributed by atoms with Crippen LogP contribution in [0.1, 0.15) is 23.2 Å². The molecule has 3 aromatic rings. The smallest absolute Gasteiger partial charge is 0.361 e. The van der Waals surface area contributed by atoms with E-state index in [1.54, 1.807) is 38.1 Å². The number of hydrogen-bond acceptors (Lipinski definition) is 8. The average molecular weight is 386 g/mol. The molecule has 1 N–H and O–H groups in total. The third-order valence-corrected chi connectivity index (χ3v) is 3.94. The van der Waals surface area contributed by atoms with Gasteiger partial charge in [-0.25, -0.2) is 4.79 Å². The zero-order valence-electron chi connectivity index (χ0n) is 15.5. The molecule has 0 unspecified atom stereocenters. The van der Waals surface area contributed by atoms with E-state index in [-0.39, 0.29) is 35.8 Å². The monoisotopic (exact) mass is 386 g/mol. The van der Waals surface area contributed by atoms with Crippen molar-refractivity contribution < 1.29 is 23.6 Å². The molecule has 10 nitrogen and oxygen atoms in total. The van der Waals surface area contributed by atoms with Gasteiger partial charge in [0, 0.05) is 0 Å². The van der Waals surface area contributed by atoms with Gasteiger partial charge >= 0.3 is 5.97 Å². The molecule has 0 saturated carbocycles. The zero-order valence-corrected chi connectivity index (χ0v) is 15.5. The molecule has 0 bridgehead atoms. The number of anilines is 1. The number of carbonyl (C=O) groups excluding carboxylic acids is 2. The maximum atomic E-state index is 12.9. The first kappa shape index (κ1) is 19.1. The van der Waals surface area contributed by atoms with Crippen molar-refractivity contribution in [3.63, 3.8) is 0 Å². The Morgan fingerprint density at radius 1 is 1.29 bits per heavy atom. The van der Waals surface area contributed by atoms with Gasteiger partial charge in [0.2, 0.25) is 11.6 Å². The highest BCUT2D eigenvalue weighted by molar-refractivity contribution is 6.00. The number of hydrogen-bond donors (Lipinski definition) is 1. The Hall–Kier alpha value is -3.69. The summed E-state index contributed by atoms with van der Waals surface area (Å²) in [6, 6.07) is 6.88. The largest absolute Gasteiger partial charge is 0.495 e. The fraction of sp³-hybridized carbons (Fsp3) is 0.278. The van der Waals surface area contributed by atoms with Crippen molar-refractivity contribution in [1.82, 2.24) is 14.7 Å². The predicted octanol–water partition coefficient (Wildman–Crippen LogP) is 1.52. The Bertz CT molecular complexity index is 1100. The van der Waals surface area contributed by atoms with Crippen LogP contribution in [0.4, 0.5) is 5.69 Å². The van der Waals surface area contributed by atoms with Gasteiger partial charge < -0.3 is 19.3 Å². The fourth-order valence-corrected chi connectivity index (χ4v) is 2.65. The lowest BCUT2D eigenvalue weighted by Gasteiger charge is -2.12. The van der Waals surface area contributed by atoms with Crippen LogP contribution in [0.5, 0.6) is 5.75 Å². The molecule has 2 aromatic heterocycles. The minimum atomic E-state index is -0.797. The maximum Gasteiger partial charge on any atom is 0.361 e. The van der Waals surface area contributed by atoms with Gasteiger partial charge in [0.15, 0.2) is 0 Å². The van der Waals surface area contributed by atoms with E-state index in [1.807, 2.05) is 0 Å². The van der Waals surface area contributed by atoms with Crippen LogP contribution in [0.3, 0.4) is 0 Å². The number of esters is 1. The topological polar surface area (TPSA) is 126 Å². The molecule has 1 amide bonds. The second-order valence-corrected chi connectivity index (χ2v) is 5.73. The van der Waals surface area contributed by atoms with Crippen molar-refractivity contribution in [3.8, 4) is 5.75 Å². The SMILES string of the molecule is CCOC(=O)c1noc2nc(C)n(CC(=O)Nc3ccccc3OC)c(=O)c12. The van der Waals surface area contributed by atoms with E-state index in [1.165, 1.54) is 7.11 Å². The number of carbonyl (C=O) groups is 2. The van der Waals surface area contributed by atoms with Gasteiger partial charge in [0.1, 0.15) is 23.5 Å². The number of methoxy groups -OCH3 is 1. The van der Waals surface area contributed by atoms with Crippen LogP contribution in [-0.2, 0) is 16.1 Å². The maximum absolute atomic E-state index is 12.9. The van der Waals surface area contributed by atoms with Crippen LogP contribution >= 0.6 is 0 Å². The number of nitrogens with one attached hydrogen (secondary N) is 1.